The molecule has 0 bridgehead atoms. The Hall–Kier alpha value is -3.51. The van der Waals surface area contributed by atoms with Crippen LogP contribution in [0.2, 0.25) is 0 Å². The first-order valence-electron chi connectivity index (χ1n) is 8.75. The molecule has 3 aromatic rings. The summed E-state index contributed by atoms with van der Waals surface area (Å²) in [4.78, 5) is 26.4. The fraction of sp³-hybridized carbons (Fsp3) is 0.0455. The summed E-state index contributed by atoms with van der Waals surface area (Å²) in [5.41, 5.74) is 1.70. The van der Waals surface area contributed by atoms with E-state index in [2.05, 4.69) is 24.0 Å². The number of fused-ring (bicyclic) bond motifs is 1. The molecule has 6 heteroatoms. The highest BCUT2D eigenvalue weighted by atomic mass is 32.1. The van der Waals surface area contributed by atoms with Gasteiger partial charge in [-0.15, -0.1) is 6.58 Å². The van der Waals surface area contributed by atoms with Crippen molar-refractivity contribution < 1.29 is 9.59 Å². The molecule has 2 aromatic carbocycles. The summed E-state index contributed by atoms with van der Waals surface area (Å²) in [6, 6.07) is 17.9. The molecule has 1 aliphatic rings. The molecule has 2 amide bonds. The van der Waals surface area contributed by atoms with Gasteiger partial charge in [0.05, 0.1) is 0 Å². The van der Waals surface area contributed by atoms with E-state index >= 15 is 0 Å². The summed E-state index contributed by atoms with van der Waals surface area (Å²) >= 11 is 5.09. The topological polar surface area (TPSA) is 54.3 Å². The number of nitrogens with one attached hydrogen (secondary N) is 1. The molecule has 28 heavy (non-hydrogen) atoms. The highest BCUT2D eigenvalue weighted by Crippen LogP contribution is 2.22. The molecule has 1 aromatic heterocycles. The highest BCUT2D eigenvalue weighted by Gasteiger charge is 2.32. The summed E-state index contributed by atoms with van der Waals surface area (Å²) in [5.74, 6) is -0.929. The number of carbonyl (C=O) groups is 2. The van der Waals surface area contributed by atoms with Crippen LogP contribution in [-0.2, 0) is 9.59 Å². The Morgan fingerprint density at radius 1 is 1.04 bits per heavy atom. The second kappa shape index (κ2) is 7.25. The molecule has 1 saturated heterocycles. The van der Waals surface area contributed by atoms with Crippen LogP contribution in [-0.4, -0.2) is 32.9 Å². The Morgan fingerprint density at radius 3 is 2.61 bits per heavy atom. The number of hydrogen-bond acceptors (Lipinski definition) is 3. The van der Waals surface area contributed by atoms with E-state index in [9.17, 15) is 9.59 Å². The van der Waals surface area contributed by atoms with Gasteiger partial charge in [0.1, 0.15) is 5.57 Å². The Morgan fingerprint density at radius 2 is 1.82 bits per heavy atom. The minimum absolute atomic E-state index is 0.0381. The molecule has 2 heterocycles. The zero-order valence-electron chi connectivity index (χ0n) is 15.0. The molecule has 5 nitrogen and oxygen atoms in total. The van der Waals surface area contributed by atoms with Gasteiger partial charge in [-0.05, 0) is 53.3 Å². The van der Waals surface area contributed by atoms with Crippen LogP contribution in [0.15, 0.2) is 79.0 Å². The van der Waals surface area contributed by atoms with Crippen molar-refractivity contribution in [2.45, 2.75) is 0 Å². The van der Waals surface area contributed by atoms with Crippen LogP contribution in [0.25, 0.3) is 22.5 Å². The second-order valence-electron chi connectivity index (χ2n) is 6.36. The average molecular weight is 387 g/mol. The Labute approximate surface area is 167 Å². The number of thiocarbonyl (C=S) groups is 1. The second-order valence-corrected chi connectivity index (χ2v) is 6.74. The molecule has 0 radical (unpaired) electrons. The third-order valence-corrected chi connectivity index (χ3v) is 4.90. The summed E-state index contributed by atoms with van der Waals surface area (Å²) in [5, 5.41) is 4.92. The monoisotopic (exact) mass is 387 g/mol. The number of nitrogens with zero attached hydrogens (tertiary/aromatic N) is 2. The van der Waals surface area contributed by atoms with Crippen molar-refractivity contribution in [3.63, 3.8) is 0 Å². The zero-order chi connectivity index (χ0) is 19.7. The first kappa shape index (κ1) is 17.9. The van der Waals surface area contributed by atoms with Crippen LogP contribution in [0.4, 0.5) is 0 Å². The van der Waals surface area contributed by atoms with Crippen LogP contribution >= 0.6 is 12.2 Å². The molecule has 0 unspecified atom stereocenters. The van der Waals surface area contributed by atoms with Gasteiger partial charge in [0.15, 0.2) is 5.11 Å². The lowest BCUT2D eigenvalue weighted by Crippen LogP contribution is -2.53. The highest BCUT2D eigenvalue weighted by molar-refractivity contribution is 7.80. The molecule has 4 rings (SSSR count). The number of hydrogen-bond donors (Lipinski definition) is 1. The summed E-state index contributed by atoms with van der Waals surface area (Å²) in [6.45, 7) is 3.87. The first-order chi connectivity index (χ1) is 13.6. The van der Waals surface area contributed by atoms with Crippen molar-refractivity contribution in [1.82, 2.24) is 14.8 Å². The maximum atomic E-state index is 12.7. The van der Waals surface area contributed by atoms with Gasteiger partial charge in [-0.25, -0.2) is 0 Å². The van der Waals surface area contributed by atoms with Gasteiger partial charge in [0.2, 0.25) is 0 Å². The van der Waals surface area contributed by atoms with Gasteiger partial charge in [-0.1, -0.05) is 36.4 Å². The van der Waals surface area contributed by atoms with Crippen molar-refractivity contribution >= 4 is 46.0 Å². The Bertz CT molecular complexity index is 1160. The quantitative estimate of drug-likeness (QED) is 0.323. The number of carbonyl (C=O) groups excluding carboxylic acids is 2. The molecule has 0 atom stereocenters. The van der Waals surface area contributed by atoms with E-state index in [0.29, 0.717) is 0 Å². The third kappa shape index (κ3) is 3.14. The van der Waals surface area contributed by atoms with Gasteiger partial charge in [-0.3, -0.25) is 19.8 Å². The maximum absolute atomic E-state index is 12.7. The lowest BCUT2D eigenvalue weighted by molar-refractivity contribution is -0.128. The molecule has 1 aliphatic heterocycles. The Kier molecular flexibility index (Phi) is 4.63. The normalized spacial score (nSPS) is 15.9. The van der Waals surface area contributed by atoms with Crippen molar-refractivity contribution in [2.24, 2.45) is 0 Å². The van der Waals surface area contributed by atoms with E-state index in [1.807, 2.05) is 53.2 Å². The molecule has 0 saturated carbocycles. The van der Waals surface area contributed by atoms with E-state index in [-0.39, 0.29) is 17.2 Å². The molecule has 0 spiro atoms. The molecule has 0 aliphatic carbocycles. The maximum Gasteiger partial charge on any atom is 0.266 e. The van der Waals surface area contributed by atoms with E-state index in [1.165, 1.54) is 4.90 Å². The predicted molar refractivity (Wildman–Crippen MR) is 114 cm³/mol. The standard InChI is InChI=1S/C22H17N3O2S/c1-2-11-25-21(27)19(20(26)23-22(25)28)14-17-8-5-12-24(17)18-10-9-15-6-3-4-7-16(15)13-18/h2-10,12-14H,1,11H2,(H,23,26,28)/b19-14-. The van der Waals surface area contributed by atoms with Gasteiger partial charge in [-0.2, -0.15) is 0 Å². The first-order valence-corrected chi connectivity index (χ1v) is 9.15. The van der Waals surface area contributed by atoms with Gasteiger partial charge >= 0.3 is 0 Å². The molecular weight excluding hydrogens is 370 g/mol. The predicted octanol–water partition coefficient (Wildman–Crippen LogP) is 3.44. The van der Waals surface area contributed by atoms with Crippen molar-refractivity contribution in [1.29, 1.82) is 0 Å². The van der Waals surface area contributed by atoms with E-state index in [1.54, 1.807) is 12.2 Å². The average Bonchev–Trinajstić information content (AvgIpc) is 3.16. The third-order valence-electron chi connectivity index (χ3n) is 4.58. The molecule has 1 fully saturated rings. The number of aromatic nitrogens is 1. The summed E-state index contributed by atoms with van der Waals surface area (Å²) in [7, 11) is 0. The summed E-state index contributed by atoms with van der Waals surface area (Å²) < 4.78 is 1.94. The van der Waals surface area contributed by atoms with E-state index < -0.39 is 11.8 Å². The number of amides is 2. The lowest BCUT2D eigenvalue weighted by atomic mass is 10.1. The summed E-state index contributed by atoms with van der Waals surface area (Å²) in [6.07, 6.45) is 5.05. The lowest BCUT2D eigenvalue weighted by Gasteiger charge is -2.27. The van der Waals surface area contributed by atoms with Crippen molar-refractivity contribution in [2.75, 3.05) is 6.54 Å². The van der Waals surface area contributed by atoms with Crippen LogP contribution in [0, 0.1) is 0 Å². The van der Waals surface area contributed by atoms with E-state index in [0.717, 1.165) is 22.2 Å². The minimum Gasteiger partial charge on any atom is -0.317 e. The SMILES string of the molecule is C=CCN1C(=O)/C(=C\c2cccn2-c2ccc3ccccc3c2)C(=O)NC1=S. The van der Waals surface area contributed by atoms with Gasteiger partial charge < -0.3 is 4.57 Å². The fourth-order valence-corrected chi connectivity index (χ4v) is 3.46. The van der Waals surface area contributed by atoms with Crippen LogP contribution < -0.4 is 5.32 Å². The molecule has 138 valence electrons. The zero-order valence-corrected chi connectivity index (χ0v) is 15.8. The van der Waals surface area contributed by atoms with Crippen molar-refractivity contribution in [3.8, 4) is 5.69 Å². The van der Waals surface area contributed by atoms with Gasteiger partial charge in [0, 0.05) is 24.1 Å². The van der Waals surface area contributed by atoms with E-state index in [4.69, 9.17) is 12.2 Å². The number of benzene rings is 2. The fourth-order valence-electron chi connectivity index (χ4n) is 3.21. The minimum atomic E-state index is -0.499. The van der Waals surface area contributed by atoms with Crippen LogP contribution in [0.3, 0.4) is 0 Å². The van der Waals surface area contributed by atoms with Crippen LogP contribution in [0.5, 0.6) is 0 Å². The molecular formula is C22H17N3O2S. The Balaban J connectivity index is 1.75. The van der Waals surface area contributed by atoms with Gasteiger partial charge in [0.25, 0.3) is 11.8 Å². The van der Waals surface area contributed by atoms with Crippen molar-refractivity contribution in [3.05, 3.63) is 84.7 Å². The smallest absolute Gasteiger partial charge is 0.266 e. The number of rotatable bonds is 4. The largest absolute Gasteiger partial charge is 0.317 e. The van der Waals surface area contributed by atoms with Crippen LogP contribution in [0.1, 0.15) is 5.69 Å². The molecule has 1 N–H and O–H groups in total.